The van der Waals surface area contributed by atoms with E-state index >= 15 is 0 Å². The number of rotatable bonds is 8. The number of nitrogens with zero attached hydrogens (tertiary/aromatic N) is 3. The third-order valence-electron chi connectivity index (χ3n) is 4.17. The average Bonchev–Trinajstić information content (AvgIpc) is 2.70. The van der Waals surface area contributed by atoms with Gasteiger partial charge in [0.05, 0.1) is 33.0 Å². The van der Waals surface area contributed by atoms with Crippen LogP contribution in [-0.4, -0.2) is 37.6 Å². The molecular weight excluding hydrogens is 433 g/mol. The van der Waals surface area contributed by atoms with Crippen molar-refractivity contribution in [2.45, 2.75) is 18.3 Å². The number of aliphatic hydroxyl groups excluding tert-OH is 2. The summed E-state index contributed by atoms with van der Waals surface area (Å²) in [6.45, 7) is -0.951. The minimum Gasteiger partial charge on any atom is -0.394 e. The summed E-state index contributed by atoms with van der Waals surface area (Å²) in [5.74, 6) is 0. The summed E-state index contributed by atoms with van der Waals surface area (Å²) in [7, 11) is 0. The first-order valence-electron chi connectivity index (χ1n) is 8.20. The summed E-state index contributed by atoms with van der Waals surface area (Å²) in [6.07, 6.45) is -6.80. The van der Waals surface area contributed by atoms with Crippen molar-refractivity contribution >= 4 is 22.7 Å². The molecule has 0 aromatic heterocycles. The fourth-order valence-electron chi connectivity index (χ4n) is 2.65. The number of nitro groups is 3. The van der Waals surface area contributed by atoms with E-state index in [2.05, 4.69) is 5.32 Å². The molecule has 0 aliphatic heterocycles. The zero-order chi connectivity index (χ0) is 23.5. The number of aliphatic hydroxyl groups is 2. The molecule has 12 nitrogen and oxygen atoms in total. The second-order valence-electron chi connectivity index (χ2n) is 6.13. The Morgan fingerprint density at radius 2 is 1.42 bits per heavy atom. The summed E-state index contributed by atoms with van der Waals surface area (Å²) in [5.41, 5.74) is -5.50. The number of halogens is 3. The minimum absolute atomic E-state index is 0.00521. The molecule has 2 atom stereocenters. The predicted octanol–water partition coefficient (Wildman–Crippen LogP) is 2.94. The van der Waals surface area contributed by atoms with Crippen molar-refractivity contribution in [1.82, 2.24) is 0 Å². The maximum Gasteiger partial charge on any atom is 0.416 e. The maximum atomic E-state index is 13.0. The highest BCUT2D eigenvalue weighted by Crippen LogP contribution is 2.42. The Morgan fingerprint density at radius 3 is 1.77 bits per heavy atom. The number of anilines is 1. The van der Waals surface area contributed by atoms with Crippen LogP contribution in [0.1, 0.15) is 17.2 Å². The van der Waals surface area contributed by atoms with E-state index in [1.807, 2.05) is 0 Å². The van der Waals surface area contributed by atoms with Crippen molar-refractivity contribution in [3.8, 4) is 0 Å². The van der Waals surface area contributed by atoms with E-state index in [4.69, 9.17) is 0 Å². The first-order chi connectivity index (χ1) is 14.4. The molecular formula is C16H13F3N4O8. The molecule has 2 aromatic carbocycles. The molecule has 0 saturated carbocycles. The van der Waals surface area contributed by atoms with Gasteiger partial charge in [-0.3, -0.25) is 30.3 Å². The van der Waals surface area contributed by atoms with Gasteiger partial charge in [-0.15, -0.1) is 0 Å². The molecule has 2 aromatic rings. The van der Waals surface area contributed by atoms with Gasteiger partial charge in [-0.25, -0.2) is 0 Å². The quantitative estimate of drug-likeness (QED) is 0.405. The molecule has 0 amide bonds. The topological polar surface area (TPSA) is 182 Å². The van der Waals surface area contributed by atoms with Crippen LogP contribution < -0.4 is 5.32 Å². The normalized spacial score (nSPS) is 13.3. The fraction of sp³-hybridized carbons (Fsp3) is 0.250. The van der Waals surface area contributed by atoms with E-state index in [1.165, 1.54) is 0 Å². The Hall–Kier alpha value is -3.85. The standard InChI is InChI=1S/C16H13F3N4O8/c17-16(18,19)9-5-12(22(28)29)14(13(6-9)23(30)31)20-11(7-24)15(25)8-1-3-10(4-2-8)21(26)27/h1-6,11,15,20,24-25H,7H2/t11-,15+/m1/s1. The van der Waals surface area contributed by atoms with Crippen LogP contribution in [0.2, 0.25) is 0 Å². The van der Waals surface area contributed by atoms with Crippen LogP contribution in [0.4, 0.5) is 35.9 Å². The second-order valence-corrected chi connectivity index (χ2v) is 6.13. The Kier molecular flexibility index (Phi) is 6.71. The molecule has 31 heavy (non-hydrogen) atoms. The monoisotopic (exact) mass is 446 g/mol. The maximum absolute atomic E-state index is 13.0. The van der Waals surface area contributed by atoms with Gasteiger partial charge in [0.15, 0.2) is 5.69 Å². The molecule has 0 unspecified atom stereocenters. The molecule has 0 radical (unpaired) electrons. The van der Waals surface area contributed by atoms with Crippen molar-refractivity contribution < 1.29 is 38.2 Å². The molecule has 0 aliphatic carbocycles. The van der Waals surface area contributed by atoms with Crippen molar-refractivity contribution in [3.05, 3.63) is 77.9 Å². The van der Waals surface area contributed by atoms with Crippen LogP contribution in [0, 0.1) is 30.3 Å². The average molecular weight is 446 g/mol. The van der Waals surface area contributed by atoms with Crippen LogP contribution in [-0.2, 0) is 6.18 Å². The van der Waals surface area contributed by atoms with Gasteiger partial charge < -0.3 is 15.5 Å². The molecule has 0 spiro atoms. The summed E-state index contributed by atoms with van der Waals surface area (Å²) >= 11 is 0. The molecule has 15 heteroatoms. The lowest BCUT2D eigenvalue weighted by Gasteiger charge is -2.23. The molecule has 0 bridgehead atoms. The van der Waals surface area contributed by atoms with Crippen molar-refractivity contribution in [1.29, 1.82) is 0 Å². The third kappa shape index (κ3) is 5.20. The van der Waals surface area contributed by atoms with Crippen LogP contribution >= 0.6 is 0 Å². The number of nitrogens with one attached hydrogen (secondary N) is 1. The van der Waals surface area contributed by atoms with Crippen LogP contribution in [0.5, 0.6) is 0 Å². The number of benzene rings is 2. The lowest BCUT2D eigenvalue weighted by atomic mass is 10.0. The van der Waals surface area contributed by atoms with Gasteiger partial charge in [-0.2, -0.15) is 13.2 Å². The fourth-order valence-corrected chi connectivity index (χ4v) is 2.65. The zero-order valence-electron chi connectivity index (χ0n) is 15.1. The summed E-state index contributed by atoms with van der Waals surface area (Å²) in [6, 6.07) is 2.90. The lowest BCUT2D eigenvalue weighted by molar-refractivity contribution is -0.392. The highest BCUT2D eigenvalue weighted by molar-refractivity contribution is 5.75. The number of nitro benzene ring substituents is 3. The highest BCUT2D eigenvalue weighted by Gasteiger charge is 2.38. The van der Waals surface area contributed by atoms with Gasteiger partial charge in [0, 0.05) is 24.3 Å². The van der Waals surface area contributed by atoms with Gasteiger partial charge in [0.1, 0.15) is 6.10 Å². The SMILES string of the molecule is O=[N+]([O-])c1ccc([C@H](O)[C@@H](CO)Nc2c([N+](=O)[O-])cc(C(F)(F)F)cc2[N+](=O)[O-])cc1. The second kappa shape index (κ2) is 8.88. The van der Waals surface area contributed by atoms with Crippen LogP contribution in [0.25, 0.3) is 0 Å². The van der Waals surface area contributed by atoms with Crippen molar-refractivity contribution in [2.24, 2.45) is 0 Å². The van der Waals surface area contributed by atoms with Gasteiger partial charge >= 0.3 is 6.18 Å². The summed E-state index contributed by atoms with van der Waals surface area (Å²) in [4.78, 5) is 30.0. The molecule has 0 heterocycles. The van der Waals surface area contributed by atoms with Gasteiger partial charge in [0.25, 0.3) is 17.1 Å². The van der Waals surface area contributed by atoms with Crippen LogP contribution in [0.3, 0.4) is 0 Å². The minimum atomic E-state index is -5.11. The first kappa shape index (κ1) is 23.4. The largest absolute Gasteiger partial charge is 0.416 e. The van der Waals surface area contributed by atoms with Crippen molar-refractivity contribution in [2.75, 3.05) is 11.9 Å². The lowest BCUT2D eigenvalue weighted by Crippen LogP contribution is -2.32. The number of alkyl halides is 3. The Bertz CT molecular complexity index is 978. The summed E-state index contributed by atoms with van der Waals surface area (Å²) < 4.78 is 38.9. The molecule has 2 rings (SSSR count). The molecule has 0 fully saturated rings. The highest BCUT2D eigenvalue weighted by atomic mass is 19.4. The first-order valence-corrected chi connectivity index (χ1v) is 8.20. The number of hydrogen-bond acceptors (Lipinski definition) is 9. The smallest absolute Gasteiger partial charge is 0.394 e. The number of hydrogen-bond donors (Lipinski definition) is 3. The summed E-state index contributed by atoms with van der Waals surface area (Å²) in [5, 5.41) is 55.4. The van der Waals surface area contributed by atoms with E-state index < -0.39 is 62.3 Å². The van der Waals surface area contributed by atoms with E-state index in [0.717, 1.165) is 24.3 Å². The van der Waals surface area contributed by atoms with Gasteiger partial charge in [-0.1, -0.05) is 0 Å². The van der Waals surface area contributed by atoms with E-state index in [0.29, 0.717) is 0 Å². The van der Waals surface area contributed by atoms with E-state index in [1.54, 1.807) is 0 Å². The zero-order valence-corrected chi connectivity index (χ0v) is 15.1. The Balaban J connectivity index is 2.51. The molecule has 3 N–H and O–H groups in total. The Morgan fingerprint density at radius 1 is 0.935 bits per heavy atom. The predicted molar refractivity (Wildman–Crippen MR) is 97.3 cm³/mol. The third-order valence-corrected chi connectivity index (χ3v) is 4.17. The molecule has 166 valence electrons. The molecule has 0 aliphatic rings. The molecule has 0 saturated heterocycles. The number of non-ortho nitro benzene ring substituents is 1. The van der Waals surface area contributed by atoms with Crippen molar-refractivity contribution in [3.63, 3.8) is 0 Å². The van der Waals surface area contributed by atoms with Gasteiger partial charge in [-0.05, 0) is 17.7 Å². The van der Waals surface area contributed by atoms with Crippen LogP contribution in [0.15, 0.2) is 36.4 Å². The Labute approximate surface area is 170 Å². The van der Waals surface area contributed by atoms with E-state index in [-0.39, 0.29) is 23.4 Å². The van der Waals surface area contributed by atoms with Gasteiger partial charge in [0.2, 0.25) is 0 Å². The van der Waals surface area contributed by atoms with E-state index in [9.17, 15) is 53.7 Å².